The van der Waals surface area contributed by atoms with Gasteiger partial charge in [-0.15, -0.1) is 0 Å². The van der Waals surface area contributed by atoms with Gasteiger partial charge < -0.3 is 14.9 Å². The summed E-state index contributed by atoms with van der Waals surface area (Å²) in [6.07, 6.45) is 2.09. The van der Waals surface area contributed by atoms with Crippen molar-refractivity contribution in [1.29, 1.82) is 0 Å². The van der Waals surface area contributed by atoms with Gasteiger partial charge in [0, 0.05) is 25.4 Å². The maximum Gasteiger partial charge on any atom is 0.317 e. The highest BCUT2D eigenvalue weighted by Crippen LogP contribution is 2.47. The molecule has 0 radical (unpaired) electrons. The van der Waals surface area contributed by atoms with Gasteiger partial charge in [-0.25, -0.2) is 0 Å². The first-order valence-electron chi connectivity index (χ1n) is 14.0. The number of hydrogen-bond acceptors (Lipinski definition) is 5. The first kappa shape index (κ1) is 28.8. The van der Waals surface area contributed by atoms with Crippen LogP contribution in [-0.2, 0) is 4.79 Å². The average Bonchev–Trinajstić information content (AvgIpc) is 2.90. The molecule has 0 aliphatic carbocycles. The van der Waals surface area contributed by atoms with E-state index in [0.29, 0.717) is 11.7 Å². The third kappa shape index (κ3) is 6.54. The van der Waals surface area contributed by atoms with Crippen molar-refractivity contribution in [3.63, 3.8) is 0 Å². The molecule has 0 aromatic heterocycles. The van der Waals surface area contributed by atoms with Crippen molar-refractivity contribution in [2.45, 2.75) is 65.5 Å². The number of aliphatic hydroxyl groups is 1. The number of nitrogens with zero attached hydrogens (tertiary/aromatic N) is 1. The Morgan fingerprint density at radius 2 is 1.36 bits per heavy atom. The van der Waals surface area contributed by atoms with Crippen LogP contribution in [-0.4, -0.2) is 39.9 Å². The molecule has 1 heterocycles. The second kappa shape index (κ2) is 11.5. The van der Waals surface area contributed by atoms with Crippen LogP contribution in [0.15, 0.2) is 84.9 Å². The van der Waals surface area contributed by atoms with Gasteiger partial charge in [-0.05, 0) is 73.4 Å². The number of rotatable bonds is 8. The summed E-state index contributed by atoms with van der Waals surface area (Å²) in [5.74, 6) is 1.05. The zero-order valence-electron chi connectivity index (χ0n) is 23.9. The molecule has 0 saturated carbocycles. The third-order valence-corrected chi connectivity index (χ3v) is 8.85. The highest BCUT2D eigenvalue weighted by atomic mass is 16.5. The Bertz CT molecular complexity index is 1210. The van der Waals surface area contributed by atoms with E-state index in [-0.39, 0.29) is 24.1 Å². The van der Waals surface area contributed by atoms with Crippen molar-refractivity contribution in [2.24, 2.45) is 16.7 Å². The molecule has 0 bridgehead atoms. The Kier molecular flexibility index (Phi) is 8.53. The lowest BCUT2D eigenvalue weighted by Crippen LogP contribution is -2.56. The molecule has 3 atom stereocenters. The van der Waals surface area contributed by atoms with Crippen molar-refractivity contribution < 1.29 is 19.7 Å². The monoisotopic (exact) mass is 529 g/mol. The van der Waals surface area contributed by atoms with Crippen LogP contribution < -0.4 is 4.74 Å². The lowest BCUT2D eigenvalue weighted by atomic mass is 9.64. The summed E-state index contributed by atoms with van der Waals surface area (Å²) in [6.45, 7) is 11.3. The average molecular weight is 530 g/mol. The molecule has 4 rings (SSSR count). The molecule has 3 aromatic carbocycles. The molecule has 1 saturated heterocycles. The van der Waals surface area contributed by atoms with Crippen LogP contribution in [0.25, 0.3) is 0 Å². The fraction of sp³-hybridized carbons (Fsp3) is 0.441. The molecule has 0 amide bonds. The molecule has 0 spiro atoms. The summed E-state index contributed by atoms with van der Waals surface area (Å²) < 4.78 is 5.81. The highest BCUT2D eigenvalue weighted by molar-refractivity contribution is 5.79. The largest absolute Gasteiger partial charge is 0.508 e. The van der Waals surface area contributed by atoms with Crippen LogP contribution >= 0.6 is 0 Å². The molecular weight excluding hydrogens is 486 g/mol. The van der Waals surface area contributed by atoms with Gasteiger partial charge in [0.15, 0.2) is 0 Å². The molecule has 1 aliphatic heterocycles. The number of phenolic OH excluding ortho intramolecular Hbond substituents is 1. The summed E-state index contributed by atoms with van der Waals surface area (Å²) >= 11 is 0. The van der Waals surface area contributed by atoms with Gasteiger partial charge in [0.05, 0.1) is 5.41 Å². The number of ether oxygens (including phenoxy) is 1. The van der Waals surface area contributed by atoms with E-state index in [1.54, 1.807) is 24.3 Å². The topological polar surface area (TPSA) is 70.0 Å². The fourth-order valence-corrected chi connectivity index (χ4v) is 5.93. The first-order chi connectivity index (χ1) is 18.4. The number of phenols is 1. The Morgan fingerprint density at radius 3 is 1.90 bits per heavy atom. The summed E-state index contributed by atoms with van der Waals surface area (Å²) in [7, 11) is 0. The van der Waals surface area contributed by atoms with Gasteiger partial charge in [-0.2, -0.15) is 0 Å². The van der Waals surface area contributed by atoms with Gasteiger partial charge >= 0.3 is 5.97 Å². The SMILES string of the molecule is CC(O)(CC(C)(C(=O)Oc1ccccc1)C(C)(C)C)N1CCC(C(c2ccccc2)c2ccc(O)cc2)CC1. The minimum Gasteiger partial charge on any atom is -0.508 e. The second-order valence-corrected chi connectivity index (χ2v) is 12.5. The highest BCUT2D eigenvalue weighted by Gasteiger charge is 2.51. The van der Waals surface area contributed by atoms with E-state index in [4.69, 9.17) is 4.74 Å². The number of carbonyl (C=O) groups excluding carboxylic acids is 1. The fourth-order valence-electron chi connectivity index (χ4n) is 5.93. The van der Waals surface area contributed by atoms with Crippen molar-refractivity contribution in [2.75, 3.05) is 13.1 Å². The Morgan fingerprint density at radius 1 is 0.846 bits per heavy atom. The van der Waals surface area contributed by atoms with Crippen LogP contribution in [0.2, 0.25) is 0 Å². The van der Waals surface area contributed by atoms with E-state index in [0.717, 1.165) is 25.9 Å². The molecule has 1 fully saturated rings. The summed E-state index contributed by atoms with van der Waals surface area (Å²) in [5.41, 5.74) is -0.0745. The van der Waals surface area contributed by atoms with Crippen LogP contribution in [0, 0.1) is 16.7 Å². The molecule has 2 N–H and O–H groups in total. The number of esters is 1. The molecular formula is C34H43NO4. The normalized spacial score (nSPS) is 19.0. The smallest absolute Gasteiger partial charge is 0.317 e. The number of likely N-dealkylation sites (tertiary alicyclic amines) is 1. The summed E-state index contributed by atoms with van der Waals surface area (Å²) in [6, 6.07) is 27.2. The number of para-hydroxylation sites is 1. The molecule has 5 nitrogen and oxygen atoms in total. The Hall–Kier alpha value is -3.15. The van der Waals surface area contributed by atoms with E-state index in [1.165, 1.54) is 11.1 Å². The number of piperidine rings is 1. The Labute approximate surface area is 233 Å². The van der Waals surface area contributed by atoms with Gasteiger partial charge in [0.25, 0.3) is 0 Å². The number of benzene rings is 3. The van der Waals surface area contributed by atoms with E-state index in [9.17, 15) is 15.0 Å². The van der Waals surface area contributed by atoms with Gasteiger partial charge in [0.1, 0.15) is 17.2 Å². The van der Waals surface area contributed by atoms with Crippen molar-refractivity contribution in [3.8, 4) is 11.5 Å². The van der Waals surface area contributed by atoms with E-state index >= 15 is 0 Å². The number of aromatic hydroxyl groups is 1. The van der Waals surface area contributed by atoms with Crippen LogP contribution in [0.3, 0.4) is 0 Å². The number of carbonyl (C=O) groups is 1. The molecule has 3 unspecified atom stereocenters. The quantitative estimate of drug-likeness (QED) is 0.243. The minimum atomic E-state index is -1.18. The minimum absolute atomic E-state index is 0.208. The van der Waals surface area contributed by atoms with Crippen molar-refractivity contribution >= 4 is 5.97 Å². The Balaban J connectivity index is 1.50. The maximum absolute atomic E-state index is 13.6. The third-order valence-electron chi connectivity index (χ3n) is 8.85. The van der Waals surface area contributed by atoms with E-state index < -0.39 is 16.6 Å². The van der Waals surface area contributed by atoms with Gasteiger partial charge in [-0.3, -0.25) is 9.69 Å². The predicted octanol–water partition coefficient (Wildman–Crippen LogP) is 6.99. The molecule has 208 valence electrons. The predicted molar refractivity (Wildman–Crippen MR) is 156 cm³/mol. The summed E-state index contributed by atoms with van der Waals surface area (Å²) in [5, 5.41) is 21.7. The lowest BCUT2D eigenvalue weighted by Gasteiger charge is -2.49. The summed E-state index contributed by atoms with van der Waals surface area (Å²) in [4.78, 5) is 15.7. The van der Waals surface area contributed by atoms with Crippen LogP contribution in [0.5, 0.6) is 11.5 Å². The first-order valence-corrected chi connectivity index (χ1v) is 14.0. The van der Waals surface area contributed by atoms with Gasteiger partial charge in [-0.1, -0.05) is 81.4 Å². The molecule has 39 heavy (non-hydrogen) atoms. The zero-order valence-corrected chi connectivity index (χ0v) is 23.9. The standard InChI is InChI=1S/C34H43NO4/c1-32(2,3)33(4,31(37)39-29-14-10-7-11-15-29)24-34(5,38)35-22-20-27(21-23-35)30(25-12-8-6-9-13-25)26-16-18-28(36)19-17-26/h6-19,27,30,36,38H,20-24H2,1-5H3. The van der Waals surface area contributed by atoms with Gasteiger partial charge in [0.2, 0.25) is 0 Å². The molecule has 3 aromatic rings. The van der Waals surface area contributed by atoms with Crippen molar-refractivity contribution in [1.82, 2.24) is 4.90 Å². The maximum atomic E-state index is 13.6. The van der Waals surface area contributed by atoms with Crippen molar-refractivity contribution in [3.05, 3.63) is 96.1 Å². The van der Waals surface area contributed by atoms with Crippen LogP contribution in [0.1, 0.15) is 70.9 Å². The molecule has 5 heteroatoms. The second-order valence-electron chi connectivity index (χ2n) is 12.5. The number of hydrogen-bond donors (Lipinski definition) is 2. The lowest BCUT2D eigenvalue weighted by molar-refractivity contribution is -0.174. The molecule has 1 aliphatic rings. The van der Waals surface area contributed by atoms with E-state index in [1.807, 2.05) is 71.0 Å². The van der Waals surface area contributed by atoms with Crippen LogP contribution in [0.4, 0.5) is 0 Å². The van der Waals surface area contributed by atoms with E-state index in [2.05, 4.69) is 29.2 Å². The zero-order chi connectivity index (χ0) is 28.3.